The minimum atomic E-state index is -1.17. The van der Waals surface area contributed by atoms with Gasteiger partial charge < -0.3 is 10.1 Å². The molecule has 3 rings (SSSR count). The van der Waals surface area contributed by atoms with Crippen molar-refractivity contribution in [1.29, 1.82) is 0 Å². The van der Waals surface area contributed by atoms with Gasteiger partial charge in [-0.2, -0.15) is 0 Å². The van der Waals surface area contributed by atoms with Crippen molar-refractivity contribution in [3.8, 4) is 0 Å². The van der Waals surface area contributed by atoms with Crippen LogP contribution in [0.4, 0.5) is 13.8 Å². The summed E-state index contributed by atoms with van der Waals surface area (Å²) >= 11 is 7.17. The molecule has 1 heterocycles. The minimum Gasteiger partial charge on any atom is -0.462 e. The molecular weight excluding hydrogens is 384 g/mol. The van der Waals surface area contributed by atoms with Gasteiger partial charge in [0.1, 0.15) is 5.00 Å². The fraction of sp³-hybridized carbons (Fsp3) is 0.333. The van der Waals surface area contributed by atoms with E-state index in [1.807, 2.05) is 0 Å². The minimum absolute atomic E-state index is 0.202. The predicted octanol–water partition coefficient (Wildman–Crippen LogP) is 4.99. The fourth-order valence-electron chi connectivity index (χ4n) is 2.94. The van der Waals surface area contributed by atoms with E-state index in [1.54, 1.807) is 6.92 Å². The first-order valence-electron chi connectivity index (χ1n) is 8.20. The lowest BCUT2D eigenvalue weighted by Gasteiger charge is -2.12. The van der Waals surface area contributed by atoms with Crippen LogP contribution in [0.3, 0.4) is 0 Å². The Bertz CT molecular complexity index is 882. The van der Waals surface area contributed by atoms with E-state index in [-0.39, 0.29) is 17.2 Å². The van der Waals surface area contributed by atoms with Gasteiger partial charge in [-0.25, -0.2) is 13.6 Å². The van der Waals surface area contributed by atoms with E-state index >= 15 is 0 Å². The van der Waals surface area contributed by atoms with Crippen LogP contribution in [0.5, 0.6) is 0 Å². The third-order valence-electron chi connectivity index (χ3n) is 4.13. The van der Waals surface area contributed by atoms with Gasteiger partial charge in [0.2, 0.25) is 0 Å². The summed E-state index contributed by atoms with van der Waals surface area (Å²) < 4.78 is 31.8. The Labute approximate surface area is 158 Å². The third kappa shape index (κ3) is 3.59. The van der Waals surface area contributed by atoms with Crippen LogP contribution >= 0.6 is 22.9 Å². The largest absolute Gasteiger partial charge is 0.462 e. The van der Waals surface area contributed by atoms with E-state index in [2.05, 4.69) is 5.32 Å². The molecule has 26 heavy (non-hydrogen) atoms. The average molecular weight is 400 g/mol. The van der Waals surface area contributed by atoms with Gasteiger partial charge in [0, 0.05) is 4.88 Å². The average Bonchev–Trinajstić information content (AvgIpc) is 2.96. The number of ether oxygens (including phenoxy) is 1. The van der Waals surface area contributed by atoms with Crippen LogP contribution in [0.1, 0.15) is 50.9 Å². The van der Waals surface area contributed by atoms with Crippen molar-refractivity contribution in [2.24, 2.45) is 0 Å². The van der Waals surface area contributed by atoms with Crippen LogP contribution in [0.15, 0.2) is 12.1 Å². The zero-order chi connectivity index (χ0) is 18.8. The smallest absolute Gasteiger partial charge is 0.341 e. The highest BCUT2D eigenvalue weighted by Crippen LogP contribution is 2.39. The predicted molar refractivity (Wildman–Crippen MR) is 96.2 cm³/mol. The van der Waals surface area contributed by atoms with Crippen LogP contribution in [0.25, 0.3) is 0 Å². The van der Waals surface area contributed by atoms with Crippen LogP contribution in [0, 0.1) is 11.6 Å². The topological polar surface area (TPSA) is 55.4 Å². The van der Waals surface area contributed by atoms with Crippen LogP contribution in [0.2, 0.25) is 5.02 Å². The highest BCUT2D eigenvalue weighted by Gasteiger charge is 2.28. The zero-order valence-corrected chi connectivity index (χ0v) is 15.5. The van der Waals surface area contributed by atoms with Gasteiger partial charge in [0.05, 0.1) is 22.8 Å². The zero-order valence-electron chi connectivity index (χ0n) is 14.0. The molecule has 0 atom stereocenters. The first kappa shape index (κ1) is 18.8. The molecule has 1 aromatic carbocycles. The Morgan fingerprint density at radius 3 is 2.65 bits per heavy atom. The summed E-state index contributed by atoms with van der Waals surface area (Å²) in [5.74, 6) is -3.52. The van der Waals surface area contributed by atoms with Crippen molar-refractivity contribution in [2.45, 2.75) is 32.6 Å². The number of anilines is 1. The molecule has 0 saturated carbocycles. The normalized spacial score (nSPS) is 13.2. The monoisotopic (exact) mass is 399 g/mol. The number of fused-ring (bicyclic) bond motifs is 1. The van der Waals surface area contributed by atoms with E-state index in [0.717, 1.165) is 48.3 Å². The van der Waals surface area contributed by atoms with Crippen molar-refractivity contribution in [3.05, 3.63) is 50.4 Å². The first-order chi connectivity index (χ1) is 12.4. The van der Waals surface area contributed by atoms with Gasteiger partial charge >= 0.3 is 5.97 Å². The van der Waals surface area contributed by atoms with E-state index in [4.69, 9.17) is 16.3 Å². The van der Waals surface area contributed by atoms with Gasteiger partial charge in [-0.1, -0.05) is 11.6 Å². The summed E-state index contributed by atoms with van der Waals surface area (Å²) in [6.07, 6.45) is 3.53. The third-order valence-corrected chi connectivity index (χ3v) is 5.65. The number of rotatable bonds is 4. The Morgan fingerprint density at radius 1 is 1.23 bits per heavy atom. The number of halogens is 3. The summed E-state index contributed by atoms with van der Waals surface area (Å²) in [5, 5.41) is 2.76. The van der Waals surface area contributed by atoms with Crippen LogP contribution in [-0.2, 0) is 17.6 Å². The maximum absolute atomic E-state index is 13.5. The fourth-order valence-corrected chi connectivity index (χ4v) is 4.45. The van der Waals surface area contributed by atoms with Crippen molar-refractivity contribution in [1.82, 2.24) is 0 Å². The molecule has 1 aliphatic carbocycles. The maximum atomic E-state index is 13.5. The molecule has 0 fully saturated rings. The summed E-state index contributed by atoms with van der Waals surface area (Å²) in [5.41, 5.74) is 1.04. The van der Waals surface area contributed by atoms with Gasteiger partial charge in [-0.05, 0) is 50.3 Å². The number of esters is 1. The van der Waals surface area contributed by atoms with Crippen LogP contribution < -0.4 is 5.32 Å². The summed E-state index contributed by atoms with van der Waals surface area (Å²) in [4.78, 5) is 25.9. The van der Waals surface area contributed by atoms with E-state index in [1.165, 1.54) is 11.3 Å². The highest BCUT2D eigenvalue weighted by molar-refractivity contribution is 7.17. The molecule has 1 aliphatic rings. The lowest BCUT2D eigenvalue weighted by molar-refractivity contribution is 0.0526. The number of aryl methyl sites for hydroxylation is 1. The Balaban J connectivity index is 1.97. The molecule has 0 bridgehead atoms. The number of amides is 1. The number of carbonyl (C=O) groups excluding carboxylic acids is 2. The Hall–Kier alpha value is -1.99. The van der Waals surface area contributed by atoms with Crippen LogP contribution in [-0.4, -0.2) is 18.5 Å². The van der Waals surface area contributed by atoms with E-state index in [9.17, 15) is 18.4 Å². The number of benzene rings is 1. The SMILES string of the molecule is CCOC(=O)c1c(NC(=O)c2cc(F)c(F)cc2Cl)sc2c1CCCC2. The molecular formula is C18H16ClF2NO3S. The van der Waals surface area contributed by atoms with E-state index in [0.29, 0.717) is 10.6 Å². The Kier molecular flexibility index (Phi) is 5.58. The molecule has 8 heteroatoms. The number of hydrogen-bond acceptors (Lipinski definition) is 4. The lowest BCUT2D eigenvalue weighted by atomic mass is 9.95. The van der Waals surface area contributed by atoms with Crippen molar-refractivity contribution < 1.29 is 23.1 Å². The van der Waals surface area contributed by atoms with E-state index < -0.39 is 23.5 Å². The number of hydrogen-bond donors (Lipinski definition) is 1. The second kappa shape index (κ2) is 7.72. The summed E-state index contributed by atoms with van der Waals surface area (Å²) in [6, 6.07) is 1.49. The molecule has 4 nitrogen and oxygen atoms in total. The molecule has 2 aromatic rings. The lowest BCUT2D eigenvalue weighted by Crippen LogP contribution is -2.16. The van der Waals surface area contributed by atoms with Gasteiger partial charge in [0.15, 0.2) is 11.6 Å². The number of nitrogens with one attached hydrogen (secondary N) is 1. The molecule has 0 aliphatic heterocycles. The molecule has 138 valence electrons. The van der Waals surface area contributed by atoms with Gasteiger partial charge in [-0.15, -0.1) is 11.3 Å². The maximum Gasteiger partial charge on any atom is 0.341 e. The number of thiophene rings is 1. The van der Waals surface area contributed by atoms with Crippen molar-refractivity contribution in [3.63, 3.8) is 0 Å². The highest BCUT2D eigenvalue weighted by atomic mass is 35.5. The second-order valence-electron chi connectivity index (χ2n) is 5.84. The quantitative estimate of drug-likeness (QED) is 0.582. The first-order valence-corrected chi connectivity index (χ1v) is 9.39. The summed E-state index contributed by atoms with van der Waals surface area (Å²) in [6.45, 7) is 1.92. The standard InChI is InChI=1S/C18H16ClF2NO3S/c1-2-25-18(24)15-9-5-3-4-6-14(9)26-17(15)22-16(23)10-7-12(20)13(21)8-11(10)19/h7-8H,2-6H2,1H3,(H,22,23). The molecule has 0 spiro atoms. The number of carbonyl (C=O) groups is 2. The Morgan fingerprint density at radius 2 is 1.92 bits per heavy atom. The molecule has 1 N–H and O–H groups in total. The van der Waals surface area contributed by atoms with Crippen molar-refractivity contribution >= 4 is 39.8 Å². The summed E-state index contributed by atoms with van der Waals surface area (Å²) in [7, 11) is 0. The molecule has 0 unspecified atom stereocenters. The van der Waals surface area contributed by atoms with Gasteiger partial charge in [0.25, 0.3) is 5.91 Å². The second-order valence-corrected chi connectivity index (χ2v) is 7.35. The molecule has 1 aromatic heterocycles. The van der Waals surface area contributed by atoms with Crippen molar-refractivity contribution in [2.75, 3.05) is 11.9 Å². The molecule has 0 saturated heterocycles. The van der Waals surface area contributed by atoms with Gasteiger partial charge in [-0.3, -0.25) is 4.79 Å². The molecule has 0 radical (unpaired) electrons. The molecule has 1 amide bonds.